The molecule has 0 aliphatic heterocycles. The van der Waals surface area contributed by atoms with Crippen LogP contribution in [0, 0.1) is 0 Å². The van der Waals surface area contributed by atoms with Crippen molar-refractivity contribution >= 4 is 11.3 Å². The summed E-state index contributed by atoms with van der Waals surface area (Å²) in [7, 11) is 0. The number of thiazole rings is 1. The van der Waals surface area contributed by atoms with Crippen molar-refractivity contribution in [1.82, 2.24) is 4.98 Å². The van der Waals surface area contributed by atoms with Gasteiger partial charge in [0.15, 0.2) is 0 Å². The first-order chi connectivity index (χ1) is 5.04. The number of alkyl halides is 2. The predicted molar refractivity (Wildman–Crippen MR) is 39.6 cm³/mol. The van der Waals surface area contributed by atoms with Crippen LogP contribution in [0.5, 0.6) is 0 Å². The van der Waals surface area contributed by atoms with E-state index in [9.17, 15) is 8.78 Å². The molecule has 0 amide bonds. The molecule has 0 saturated carbocycles. The lowest BCUT2D eigenvalue weighted by atomic mass is 10.3. The van der Waals surface area contributed by atoms with E-state index in [1.54, 1.807) is 0 Å². The van der Waals surface area contributed by atoms with Crippen LogP contribution < -0.4 is 5.73 Å². The maximum absolute atomic E-state index is 12.5. The zero-order valence-corrected chi connectivity index (χ0v) is 6.79. The Labute approximate surface area is 67.1 Å². The second-order valence-corrected chi connectivity index (χ2v) is 3.16. The van der Waals surface area contributed by atoms with Crippen LogP contribution >= 0.6 is 11.3 Å². The number of hydrogen-bond acceptors (Lipinski definition) is 3. The van der Waals surface area contributed by atoms with Gasteiger partial charge in [0.25, 0.3) is 5.92 Å². The average Bonchev–Trinajstić information content (AvgIpc) is 2.32. The van der Waals surface area contributed by atoms with E-state index in [2.05, 4.69) is 4.98 Å². The lowest BCUT2D eigenvalue weighted by molar-refractivity contribution is 0.0133. The van der Waals surface area contributed by atoms with Crippen LogP contribution in [-0.2, 0) is 12.5 Å². The molecule has 2 nitrogen and oxygen atoms in total. The second-order valence-electron chi connectivity index (χ2n) is 2.22. The molecule has 0 spiro atoms. The number of hydrogen-bond donors (Lipinski definition) is 1. The molecule has 1 aromatic rings. The smallest absolute Gasteiger partial charge is 0.287 e. The third kappa shape index (κ3) is 1.94. The molecule has 0 saturated heterocycles. The molecule has 0 aliphatic carbocycles. The fourth-order valence-corrected chi connectivity index (χ4v) is 1.36. The van der Waals surface area contributed by atoms with E-state index in [-0.39, 0.29) is 12.2 Å². The van der Waals surface area contributed by atoms with Crippen LogP contribution in [0.4, 0.5) is 8.78 Å². The van der Waals surface area contributed by atoms with Crippen LogP contribution in [-0.4, -0.2) is 4.98 Å². The van der Waals surface area contributed by atoms with Crippen molar-refractivity contribution in [2.75, 3.05) is 0 Å². The summed E-state index contributed by atoms with van der Waals surface area (Å²) in [5.41, 5.74) is 5.02. The van der Waals surface area contributed by atoms with Crippen molar-refractivity contribution in [3.63, 3.8) is 0 Å². The first-order valence-electron chi connectivity index (χ1n) is 3.07. The van der Waals surface area contributed by atoms with Crippen molar-refractivity contribution in [3.8, 4) is 0 Å². The van der Waals surface area contributed by atoms with Crippen molar-refractivity contribution < 1.29 is 8.78 Å². The maximum atomic E-state index is 12.5. The quantitative estimate of drug-likeness (QED) is 0.748. The highest BCUT2D eigenvalue weighted by Gasteiger charge is 2.27. The maximum Gasteiger partial charge on any atom is 0.287 e. The third-order valence-corrected chi connectivity index (χ3v) is 2.05. The van der Waals surface area contributed by atoms with E-state index in [4.69, 9.17) is 5.73 Å². The van der Waals surface area contributed by atoms with E-state index in [1.165, 1.54) is 5.38 Å². The van der Waals surface area contributed by atoms with E-state index >= 15 is 0 Å². The van der Waals surface area contributed by atoms with Crippen molar-refractivity contribution in [1.29, 1.82) is 0 Å². The minimum absolute atomic E-state index is 0.192. The molecular weight excluding hydrogens is 170 g/mol. The Morgan fingerprint density at radius 1 is 1.73 bits per heavy atom. The molecular formula is C6H8F2N2S. The molecule has 2 N–H and O–H groups in total. The molecule has 11 heavy (non-hydrogen) atoms. The summed E-state index contributed by atoms with van der Waals surface area (Å²) in [4.78, 5) is 3.64. The first kappa shape index (κ1) is 8.55. The Balaban J connectivity index is 2.89. The summed E-state index contributed by atoms with van der Waals surface area (Å²) in [5, 5.41) is 1.88. The Kier molecular flexibility index (Phi) is 2.20. The topological polar surface area (TPSA) is 38.9 Å². The SMILES string of the molecule is CC(F)(F)c1csc(CN)n1. The lowest BCUT2D eigenvalue weighted by Crippen LogP contribution is -2.08. The van der Waals surface area contributed by atoms with E-state index < -0.39 is 5.92 Å². The van der Waals surface area contributed by atoms with Crippen LogP contribution in [0.25, 0.3) is 0 Å². The fourth-order valence-electron chi connectivity index (χ4n) is 0.606. The van der Waals surface area contributed by atoms with Crippen molar-refractivity contribution in [2.45, 2.75) is 19.4 Å². The summed E-state index contributed by atoms with van der Waals surface area (Å²) >= 11 is 1.16. The standard InChI is InChI=1S/C6H8F2N2S/c1-6(7,8)4-3-11-5(2-9)10-4/h3H,2,9H2,1H3. The van der Waals surface area contributed by atoms with Crippen LogP contribution in [0.15, 0.2) is 5.38 Å². The largest absolute Gasteiger partial charge is 0.325 e. The number of aromatic nitrogens is 1. The number of rotatable bonds is 2. The third-order valence-electron chi connectivity index (χ3n) is 1.18. The van der Waals surface area contributed by atoms with Gasteiger partial charge in [0, 0.05) is 18.8 Å². The Hall–Kier alpha value is -0.550. The predicted octanol–water partition coefficient (Wildman–Crippen LogP) is 1.71. The van der Waals surface area contributed by atoms with Gasteiger partial charge in [-0.2, -0.15) is 8.78 Å². The van der Waals surface area contributed by atoms with E-state index in [0.717, 1.165) is 18.3 Å². The van der Waals surface area contributed by atoms with Crippen LogP contribution in [0.1, 0.15) is 17.6 Å². The molecule has 1 heterocycles. The van der Waals surface area contributed by atoms with Crippen molar-refractivity contribution in [3.05, 3.63) is 16.1 Å². The zero-order chi connectivity index (χ0) is 8.48. The van der Waals surface area contributed by atoms with Crippen LogP contribution in [0.3, 0.4) is 0 Å². The minimum Gasteiger partial charge on any atom is -0.325 e. The fraction of sp³-hybridized carbons (Fsp3) is 0.500. The molecule has 0 aromatic carbocycles. The van der Waals surface area contributed by atoms with E-state index in [0.29, 0.717) is 5.01 Å². The molecule has 62 valence electrons. The highest BCUT2D eigenvalue weighted by Crippen LogP contribution is 2.27. The monoisotopic (exact) mass is 178 g/mol. The highest BCUT2D eigenvalue weighted by molar-refractivity contribution is 7.09. The van der Waals surface area contributed by atoms with Gasteiger partial charge in [0.1, 0.15) is 10.7 Å². The van der Waals surface area contributed by atoms with Crippen LogP contribution in [0.2, 0.25) is 0 Å². The summed E-state index contributed by atoms with van der Waals surface area (Å²) in [6, 6.07) is 0. The summed E-state index contributed by atoms with van der Waals surface area (Å²) < 4.78 is 25.0. The van der Waals surface area contributed by atoms with Gasteiger partial charge in [-0.1, -0.05) is 0 Å². The Morgan fingerprint density at radius 3 is 2.64 bits per heavy atom. The number of nitrogens with zero attached hydrogens (tertiary/aromatic N) is 1. The Bertz CT molecular complexity index is 241. The normalized spacial score (nSPS) is 12.0. The molecule has 5 heteroatoms. The molecule has 0 aliphatic rings. The number of nitrogens with two attached hydrogens (primary N) is 1. The molecule has 0 atom stereocenters. The Morgan fingerprint density at radius 2 is 2.36 bits per heavy atom. The highest BCUT2D eigenvalue weighted by atomic mass is 32.1. The summed E-state index contributed by atoms with van der Waals surface area (Å²) in [5.74, 6) is -2.84. The van der Waals surface area contributed by atoms with Gasteiger partial charge in [0.05, 0.1) is 0 Å². The summed E-state index contributed by atoms with van der Waals surface area (Å²) in [6.07, 6.45) is 0. The molecule has 0 fully saturated rings. The van der Waals surface area contributed by atoms with Gasteiger partial charge in [-0.25, -0.2) is 4.98 Å². The summed E-state index contributed by atoms with van der Waals surface area (Å²) in [6.45, 7) is 1.04. The molecule has 1 aromatic heterocycles. The molecule has 1 rings (SSSR count). The zero-order valence-electron chi connectivity index (χ0n) is 5.97. The first-order valence-corrected chi connectivity index (χ1v) is 3.95. The van der Waals surface area contributed by atoms with Gasteiger partial charge >= 0.3 is 0 Å². The average molecular weight is 178 g/mol. The van der Waals surface area contributed by atoms with Gasteiger partial charge < -0.3 is 5.73 Å². The van der Waals surface area contributed by atoms with Gasteiger partial charge in [0.2, 0.25) is 0 Å². The lowest BCUT2D eigenvalue weighted by Gasteiger charge is -2.04. The van der Waals surface area contributed by atoms with E-state index in [1.807, 2.05) is 0 Å². The van der Waals surface area contributed by atoms with Gasteiger partial charge in [-0.3, -0.25) is 0 Å². The van der Waals surface area contributed by atoms with Crippen molar-refractivity contribution in [2.24, 2.45) is 5.73 Å². The minimum atomic E-state index is -2.84. The molecule has 0 radical (unpaired) electrons. The molecule has 0 unspecified atom stereocenters. The number of halogens is 2. The van der Waals surface area contributed by atoms with Gasteiger partial charge in [-0.15, -0.1) is 11.3 Å². The molecule has 0 bridgehead atoms. The van der Waals surface area contributed by atoms with Gasteiger partial charge in [-0.05, 0) is 0 Å². The second kappa shape index (κ2) is 2.83.